The van der Waals surface area contributed by atoms with E-state index in [1.54, 1.807) is 42.5 Å². The van der Waals surface area contributed by atoms with Gasteiger partial charge < -0.3 is 10.1 Å². The summed E-state index contributed by atoms with van der Waals surface area (Å²) in [5, 5.41) is 9.27. The van der Waals surface area contributed by atoms with Crippen LogP contribution >= 0.6 is 0 Å². The molecule has 2 N–H and O–H groups in total. The molecule has 0 unspecified atom stereocenters. The Hall–Kier alpha value is -2.34. The molecule has 5 nitrogen and oxygen atoms in total. The third-order valence-corrected chi connectivity index (χ3v) is 4.36. The highest BCUT2D eigenvalue weighted by atomic mass is 32.2. The smallest absolute Gasteiger partial charge is 0.177 e. The summed E-state index contributed by atoms with van der Waals surface area (Å²) in [4.78, 5) is 7.76. The van der Waals surface area contributed by atoms with Crippen molar-refractivity contribution in [3.63, 3.8) is 0 Å². The van der Waals surface area contributed by atoms with E-state index in [1.165, 1.54) is 6.26 Å². The third kappa shape index (κ3) is 2.75. The Bertz CT molecular complexity index is 896. The van der Waals surface area contributed by atoms with Gasteiger partial charge in [-0.15, -0.1) is 0 Å². The van der Waals surface area contributed by atoms with E-state index < -0.39 is 9.84 Å². The summed E-state index contributed by atoms with van der Waals surface area (Å²) >= 11 is 0. The van der Waals surface area contributed by atoms with Crippen molar-refractivity contribution < 1.29 is 13.5 Å². The van der Waals surface area contributed by atoms with Gasteiger partial charge in [-0.25, -0.2) is 13.4 Å². The second kappa shape index (κ2) is 4.89. The molecule has 0 atom stereocenters. The minimum Gasteiger partial charge on any atom is -0.508 e. The Kier molecular flexibility index (Phi) is 3.17. The standard InChI is InChI=1S/C15H14N2O3S/c1-21(19,20)13-4-2-3-12-15(13)17-14(16-12)9-10-5-7-11(18)8-6-10/h2-8,18H,9H2,1H3,(H,16,17). The molecule has 0 fully saturated rings. The number of imidazole rings is 1. The molecule has 0 radical (unpaired) electrons. The maximum absolute atomic E-state index is 11.8. The predicted octanol–water partition coefficient (Wildman–Crippen LogP) is 2.26. The zero-order valence-corrected chi connectivity index (χ0v) is 12.2. The van der Waals surface area contributed by atoms with E-state index in [1.807, 2.05) is 0 Å². The number of fused-ring (bicyclic) bond motifs is 1. The number of phenolic OH excluding ortho intramolecular Hbond substituents is 1. The molecule has 0 saturated carbocycles. The molecule has 0 saturated heterocycles. The SMILES string of the molecule is CS(=O)(=O)c1cccc2[nH]c(Cc3ccc(O)cc3)nc12. The minimum atomic E-state index is -3.31. The molecule has 108 valence electrons. The second-order valence-corrected chi connectivity index (χ2v) is 6.94. The van der Waals surface area contributed by atoms with E-state index in [0.29, 0.717) is 23.3 Å². The molecule has 3 aromatic rings. The number of benzene rings is 2. The van der Waals surface area contributed by atoms with Gasteiger partial charge in [0.2, 0.25) is 0 Å². The number of aromatic nitrogens is 2. The second-order valence-electron chi connectivity index (χ2n) is 4.95. The van der Waals surface area contributed by atoms with Crippen LogP contribution in [0.1, 0.15) is 11.4 Å². The van der Waals surface area contributed by atoms with Crippen molar-refractivity contribution in [2.24, 2.45) is 0 Å². The number of hydrogen-bond acceptors (Lipinski definition) is 4. The number of nitrogens with one attached hydrogen (secondary N) is 1. The number of sulfone groups is 1. The van der Waals surface area contributed by atoms with Crippen LogP contribution in [0.25, 0.3) is 11.0 Å². The summed E-state index contributed by atoms with van der Waals surface area (Å²) in [6.07, 6.45) is 1.72. The number of H-pyrrole nitrogens is 1. The summed E-state index contributed by atoms with van der Waals surface area (Å²) in [5.41, 5.74) is 2.15. The normalized spacial score (nSPS) is 11.9. The Labute approximate surface area is 122 Å². The summed E-state index contributed by atoms with van der Waals surface area (Å²) in [6, 6.07) is 11.9. The molecule has 0 spiro atoms. The van der Waals surface area contributed by atoms with E-state index in [4.69, 9.17) is 0 Å². The summed E-state index contributed by atoms with van der Waals surface area (Å²) < 4.78 is 23.5. The van der Waals surface area contributed by atoms with Crippen LogP contribution in [0.4, 0.5) is 0 Å². The first-order chi connectivity index (χ1) is 9.93. The largest absolute Gasteiger partial charge is 0.508 e. The third-order valence-electron chi connectivity index (χ3n) is 3.23. The summed E-state index contributed by atoms with van der Waals surface area (Å²) in [6.45, 7) is 0. The van der Waals surface area contributed by atoms with E-state index >= 15 is 0 Å². The lowest BCUT2D eigenvalue weighted by atomic mass is 10.1. The lowest BCUT2D eigenvalue weighted by Gasteiger charge is -1.98. The van der Waals surface area contributed by atoms with Crippen molar-refractivity contribution in [3.8, 4) is 5.75 Å². The van der Waals surface area contributed by atoms with Crippen LogP contribution in [0.2, 0.25) is 0 Å². The maximum atomic E-state index is 11.8. The van der Waals surface area contributed by atoms with Crippen LogP contribution < -0.4 is 0 Å². The molecular formula is C15H14N2O3S. The maximum Gasteiger partial charge on any atom is 0.177 e. The first kappa shape index (κ1) is 13.6. The number of aromatic hydroxyl groups is 1. The van der Waals surface area contributed by atoms with Crippen molar-refractivity contribution in [1.29, 1.82) is 0 Å². The van der Waals surface area contributed by atoms with Gasteiger partial charge in [-0.1, -0.05) is 18.2 Å². The van der Waals surface area contributed by atoms with Crippen molar-refractivity contribution >= 4 is 20.9 Å². The van der Waals surface area contributed by atoms with Gasteiger partial charge in [0.1, 0.15) is 17.1 Å². The molecule has 2 aromatic carbocycles. The fourth-order valence-corrected chi connectivity index (χ4v) is 3.08. The van der Waals surface area contributed by atoms with Crippen LogP contribution in [0.3, 0.4) is 0 Å². The zero-order chi connectivity index (χ0) is 15.0. The molecule has 0 aliphatic carbocycles. The van der Waals surface area contributed by atoms with Gasteiger partial charge in [-0.3, -0.25) is 0 Å². The molecule has 1 heterocycles. The zero-order valence-electron chi connectivity index (χ0n) is 11.4. The summed E-state index contributed by atoms with van der Waals surface area (Å²) in [5.74, 6) is 0.898. The Balaban J connectivity index is 2.03. The number of nitrogens with zero attached hydrogens (tertiary/aromatic N) is 1. The molecule has 0 aliphatic rings. The molecular weight excluding hydrogens is 288 g/mol. The van der Waals surface area contributed by atoms with Gasteiger partial charge in [0, 0.05) is 12.7 Å². The topological polar surface area (TPSA) is 83.0 Å². The highest BCUT2D eigenvalue weighted by molar-refractivity contribution is 7.91. The van der Waals surface area contributed by atoms with Crippen LogP contribution in [-0.2, 0) is 16.3 Å². The van der Waals surface area contributed by atoms with Crippen molar-refractivity contribution in [2.75, 3.05) is 6.26 Å². The first-order valence-electron chi connectivity index (χ1n) is 6.39. The molecule has 21 heavy (non-hydrogen) atoms. The van der Waals surface area contributed by atoms with Gasteiger partial charge >= 0.3 is 0 Å². The fourth-order valence-electron chi connectivity index (χ4n) is 2.25. The Morgan fingerprint density at radius 1 is 1.14 bits per heavy atom. The highest BCUT2D eigenvalue weighted by Gasteiger charge is 2.15. The van der Waals surface area contributed by atoms with Gasteiger partial charge in [-0.2, -0.15) is 0 Å². The van der Waals surface area contributed by atoms with Crippen LogP contribution in [0.5, 0.6) is 5.75 Å². The number of para-hydroxylation sites is 1. The van der Waals surface area contributed by atoms with Gasteiger partial charge in [-0.05, 0) is 29.8 Å². The Morgan fingerprint density at radius 2 is 1.86 bits per heavy atom. The monoisotopic (exact) mass is 302 g/mol. The van der Waals surface area contributed by atoms with E-state index in [-0.39, 0.29) is 10.6 Å². The predicted molar refractivity (Wildman–Crippen MR) is 80.1 cm³/mol. The van der Waals surface area contributed by atoms with Crippen LogP contribution in [0.15, 0.2) is 47.4 Å². The number of phenols is 1. The van der Waals surface area contributed by atoms with E-state index in [9.17, 15) is 13.5 Å². The van der Waals surface area contributed by atoms with Crippen molar-refractivity contribution in [3.05, 3.63) is 53.9 Å². The first-order valence-corrected chi connectivity index (χ1v) is 8.28. The van der Waals surface area contributed by atoms with Crippen molar-refractivity contribution in [2.45, 2.75) is 11.3 Å². The average Bonchev–Trinajstić information content (AvgIpc) is 2.82. The van der Waals surface area contributed by atoms with Gasteiger partial charge in [0.25, 0.3) is 0 Å². The van der Waals surface area contributed by atoms with Gasteiger partial charge in [0.15, 0.2) is 9.84 Å². The van der Waals surface area contributed by atoms with E-state index in [0.717, 1.165) is 5.56 Å². The molecule has 1 aromatic heterocycles. The van der Waals surface area contributed by atoms with Crippen LogP contribution in [0, 0.1) is 0 Å². The molecule has 3 rings (SSSR count). The van der Waals surface area contributed by atoms with E-state index in [2.05, 4.69) is 9.97 Å². The lowest BCUT2D eigenvalue weighted by Crippen LogP contribution is -1.97. The lowest BCUT2D eigenvalue weighted by molar-refractivity contribution is 0.475. The minimum absolute atomic E-state index is 0.211. The quantitative estimate of drug-likeness (QED) is 0.777. The molecule has 0 bridgehead atoms. The molecule has 0 aliphatic heterocycles. The Morgan fingerprint density at radius 3 is 2.52 bits per heavy atom. The van der Waals surface area contributed by atoms with Gasteiger partial charge in [0.05, 0.1) is 10.4 Å². The van der Waals surface area contributed by atoms with Crippen LogP contribution in [-0.4, -0.2) is 29.7 Å². The number of rotatable bonds is 3. The number of aromatic amines is 1. The fraction of sp³-hybridized carbons (Fsp3) is 0.133. The summed E-state index contributed by atoms with van der Waals surface area (Å²) in [7, 11) is -3.31. The molecule has 6 heteroatoms. The van der Waals surface area contributed by atoms with Crippen molar-refractivity contribution in [1.82, 2.24) is 9.97 Å². The highest BCUT2D eigenvalue weighted by Crippen LogP contribution is 2.22. The average molecular weight is 302 g/mol. The number of hydrogen-bond donors (Lipinski definition) is 2. The molecule has 0 amide bonds.